The van der Waals surface area contributed by atoms with Crippen molar-refractivity contribution in [2.24, 2.45) is 0 Å². The van der Waals surface area contributed by atoms with Crippen LogP contribution in [-0.2, 0) is 14.3 Å². The quantitative estimate of drug-likeness (QED) is 0.685. The lowest BCUT2D eigenvalue weighted by Gasteiger charge is -2.02. The molecule has 0 spiro atoms. The fourth-order valence-electron chi connectivity index (χ4n) is 1.56. The number of ether oxygens (including phenoxy) is 2. The number of nitrogen functional groups attached to an aromatic ring is 1. The Kier molecular flexibility index (Phi) is 4.01. The zero-order chi connectivity index (χ0) is 13.8. The van der Waals surface area contributed by atoms with E-state index in [0.717, 1.165) is 10.1 Å². The molecule has 2 N–H and O–H groups in total. The molecule has 1 heterocycles. The Labute approximate surface area is 113 Å². The van der Waals surface area contributed by atoms with Gasteiger partial charge in [0.05, 0.1) is 6.61 Å². The van der Waals surface area contributed by atoms with Gasteiger partial charge in [-0.1, -0.05) is 0 Å². The van der Waals surface area contributed by atoms with E-state index in [-0.39, 0.29) is 13.2 Å². The van der Waals surface area contributed by atoms with Gasteiger partial charge in [-0.15, -0.1) is 11.3 Å². The van der Waals surface area contributed by atoms with Gasteiger partial charge in [0.1, 0.15) is 4.88 Å². The van der Waals surface area contributed by atoms with Crippen molar-refractivity contribution in [3.8, 4) is 0 Å². The van der Waals surface area contributed by atoms with E-state index >= 15 is 0 Å². The maximum absolute atomic E-state index is 11.8. The lowest BCUT2D eigenvalue weighted by atomic mass is 10.2. The van der Waals surface area contributed by atoms with Crippen LogP contribution in [0.4, 0.5) is 5.69 Å². The van der Waals surface area contributed by atoms with Crippen LogP contribution in [0.5, 0.6) is 0 Å². The molecule has 0 unspecified atom stereocenters. The maximum atomic E-state index is 11.8. The van der Waals surface area contributed by atoms with Crippen LogP contribution in [0, 0.1) is 0 Å². The molecule has 1 aromatic heterocycles. The van der Waals surface area contributed by atoms with Crippen molar-refractivity contribution in [3.05, 3.63) is 29.1 Å². The molecular weight excluding hydrogens is 266 g/mol. The van der Waals surface area contributed by atoms with Gasteiger partial charge in [0.2, 0.25) is 0 Å². The summed E-state index contributed by atoms with van der Waals surface area (Å²) in [4.78, 5) is 23.3. The van der Waals surface area contributed by atoms with Crippen LogP contribution >= 0.6 is 11.3 Å². The van der Waals surface area contributed by atoms with Gasteiger partial charge >= 0.3 is 11.9 Å². The fraction of sp³-hybridized carbons (Fsp3) is 0.231. The van der Waals surface area contributed by atoms with Crippen molar-refractivity contribution >= 4 is 39.0 Å². The molecule has 2 rings (SSSR count). The van der Waals surface area contributed by atoms with Crippen molar-refractivity contribution < 1.29 is 19.1 Å². The largest absolute Gasteiger partial charge is 0.463 e. The number of nitrogens with two attached hydrogens (primary N) is 1. The highest BCUT2D eigenvalue weighted by Gasteiger charge is 2.14. The smallest absolute Gasteiger partial charge is 0.348 e. The second-order valence-electron chi connectivity index (χ2n) is 3.79. The van der Waals surface area contributed by atoms with Gasteiger partial charge in [-0.25, -0.2) is 9.59 Å². The molecule has 0 fully saturated rings. The summed E-state index contributed by atoms with van der Waals surface area (Å²) in [6.45, 7) is 1.58. The molecule has 0 aliphatic heterocycles. The number of fused-ring (bicyclic) bond motifs is 1. The third-order valence-electron chi connectivity index (χ3n) is 2.37. The molecule has 6 heteroatoms. The SMILES string of the molecule is CCOC(=O)COC(=O)c1cc2cc(N)ccc2s1. The minimum atomic E-state index is -0.554. The van der Waals surface area contributed by atoms with Crippen molar-refractivity contribution in [1.82, 2.24) is 0 Å². The summed E-state index contributed by atoms with van der Waals surface area (Å²) in [7, 11) is 0. The summed E-state index contributed by atoms with van der Waals surface area (Å²) in [6, 6.07) is 7.10. The predicted octanol–water partition coefficient (Wildman–Crippen LogP) is 2.20. The van der Waals surface area contributed by atoms with Gasteiger partial charge in [-0.3, -0.25) is 0 Å². The summed E-state index contributed by atoms with van der Waals surface area (Å²) in [5.41, 5.74) is 6.30. The summed E-state index contributed by atoms with van der Waals surface area (Å²) in [5, 5.41) is 0.882. The molecule has 19 heavy (non-hydrogen) atoms. The molecule has 0 aliphatic rings. The number of thiophene rings is 1. The first-order chi connectivity index (χ1) is 9.10. The number of benzene rings is 1. The number of hydrogen-bond acceptors (Lipinski definition) is 6. The average Bonchev–Trinajstić information content (AvgIpc) is 2.79. The first-order valence-corrected chi connectivity index (χ1v) is 6.53. The van der Waals surface area contributed by atoms with Crippen LogP contribution in [-0.4, -0.2) is 25.2 Å². The van der Waals surface area contributed by atoms with Crippen molar-refractivity contribution in [2.45, 2.75) is 6.92 Å². The van der Waals surface area contributed by atoms with Crippen LogP contribution < -0.4 is 5.73 Å². The van der Waals surface area contributed by atoms with Gasteiger partial charge in [-0.05, 0) is 36.6 Å². The monoisotopic (exact) mass is 279 g/mol. The number of carbonyl (C=O) groups is 2. The van der Waals surface area contributed by atoms with Crippen molar-refractivity contribution in [1.29, 1.82) is 0 Å². The van der Waals surface area contributed by atoms with E-state index in [1.54, 1.807) is 25.1 Å². The minimum Gasteiger partial charge on any atom is -0.463 e. The van der Waals surface area contributed by atoms with Gasteiger partial charge < -0.3 is 15.2 Å². The molecule has 0 bridgehead atoms. The molecule has 0 saturated carbocycles. The highest BCUT2D eigenvalue weighted by Crippen LogP contribution is 2.27. The standard InChI is InChI=1S/C13H13NO4S/c1-2-17-12(15)7-18-13(16)11-6-8-5-9(14)3-4-10(8)19-11/h3-6H,2,7,14H2,1H3. The second kappa shape index (κ2) is 5.71. The number of esters is 2. The first kappa shape index (κ1) is 13.4. The Morgan fingerprint density at radius 2 is 2.05 bits per heavy atom. The summed E-state index contributed by atoms with van der Waals surface area (Å²) in [5.74, 6) is -1.09. The highest BCUT2D eigenvalue weighted by atomic mass is 32.1. The van der Waals surface area contributed by atoms with E-state index in [4.69, 9.17) is 10.5 Å². The number of carbonyl (C=O) groups excluding carboxylic acids is 2. The van der Waals surface area contributed by atoms with E-state index in [1.807, 2.05) is 6.07 Å². The van der Waals surface area contributed by atoms with Crippen LogP contribution in [0.1, 0.15) is 16.6 Å². The summed E-state index contributed by atoms with van der Waals surface area (Å²) in [6.07, 6.45) is 0. The molecule has 1 aromatic carbocycles. The van der Waals surface area contributed by atoms with E-state index in [1.165, 1.54) is 11.3 Å². The van der Waals surface area contributed by atoms with Gasteiger partial charge in [0.15, 0.2) is 6.61 Å². The van der Waals surface area contributed by atoms with Gasteiger partial charge in [-0.2, -0.15) is 0 Å². The molecule has 2 aromatic rings. The lowest BCUT2D eigenvalue weighted by Crippen LogP contribution is -2.15. The van der Waals surface area contributed by atoms with Crippen LogP contribution in [0.3, 0.4) is 0 Å². The number of anilines is 1. The summed E-state index contributed by atoms with van der Waals surface area (Å²) < 4.78 is 10.5. The number of rotatable bonds is 4. The van der Waals surface area contributed by atoms with Crippen molar-refractivity contribution in [2.75, 3.05) is 18.9 Å². The van der Waals surface area contributed by atoms with Crippen LogP contribution in [0.25, 0.3) is 10.1 Å². The molecule has 5 nitrogen and oxygen atoms in total. The molecular formula is C13H13NO4S. The van der Waals surface area contributed by atoms with Gasteiger partial charge in [0, 0.05) is 10.4 Å². The minimum absolute atomic E-state index is 0.262. The molecule has 0 aliphatic carbocycles. The fourth-order valence-corrected chi connectivity index (χ4v) is 2.50. The molecule has 0 radical (unpaired) electrons. The van der Waals surface area contributed by atoms with E-state index in [0.29, 0.717) is 10.6 Å². The van der Waals surface area contributed by atoms with Gasteiger partial charge in [0.25, 0.3) is 0 Å². The zero-order valence-corrected chi connectivity index (χ0v) is 11.2. The summed E-state index contributed by atoms with van der Waals surface area (Å²) >= 11 is 1.30. The van der Waals surface area contributed by atoms with Crippen LogP contribution in [0.15, 0.2) is 24.3 Å². The molecule has 0 amide bonds. The Morgan fingerprint density at radius 3 is 2.79 bits per heavy atom. The second-order valence-corrected chi connectivity index (χ2v) is 4.87. The van der Waals surface area contributed by atoms with Crippen LogP contribution in [0.2, 0.25) is 0 Å². The Morgan fingerprint density at radius 1 is 1.26 bits per heavy atom. The lowest BCUT2D eigenvalue weighted by molar-refractivity contribution is -0.146. The predicted molar refractivity (Wildman–Crippen MR) is 73.2 cm³/mol. The average molecular weight is 279 g/mol. The van der Waals surface area contributed by atoms with E-state index in [9.17, 15) is 9.59 Å². The maximum Gasteiger partial charge on any atom is 0.348 e. The Hall–Kier alpha value is -2.08. The Bertz CT molecular complexity index is 620. The normalized spacial score (nSPS) is 10.4. The molecule has 0 atom stereocenters. The third kappa shape index (κ3) is 3.23. The van der Waals surface area contributed by atoms with E-state index < -0.39 is 11.9 Å². The Balaban J connectivity index is 2.07. The molecule has 0 saturated heterocycles. The van der Waals surface area contributed by atoms with Crippen molar-refractivity contribution in [3.63, 3.8) is 0 Å². The molecule has 100 valence electrons. The highest BCUT2D eigenvalue weighted by molar-refractivity contribution is 7.20. The topological polar surface area (TPSA) is 78.6 Å². The zero-order valence-electron chi connectivity index (χ0n) is 10.3. The third-order valence-corrected chi connectivity index (χ3v) is 3.46. The number of hydrogen-bond donors (Lipinski definition) is 1. The van der Waals surface area contributed by atoms with E-state index in [2.05, 4.69) is 4.74 Å². The first-order valence-electron chi connectivity index (χ1n) is 5.72.